The molecule has 0 amide bonds. The van der Waals surface area contributed by atoms with E-state index in [9.17, 15) is 0 Å². The predicted octanol–water partition coefficient (Wildman–Crippen LogP) is 0.389. The van der Waals surface area contributed by atoms with Crippen LogP contribution in [-0.4, -0.2) is 45.6 Å². The second kappa shape index (κ2) is 5.41. The molecule has 0 aliphatic carbocycles. The van der Waals surface area contributed by atoms with Gasteiger partial charge in [0.05, 0.1) is 5.69 Å². The van der Waals surface area contributed by atoms with E-state index in [2.05, 4.69) is 27.5 Å². The number of hydrogen-bond donors (Lipinski definition) is 1. The first-order chi connectivity index (χ1) is 7.79. The molecular formula is C11H21N5. The van der Waals surface area contributed by atoms with Gasteiger partial charge in [-0.15, -0.1) is 5.10 Å². The smallest absolute Gasteiger partial charge is 0.0967 e. The molecular weight excluding hydrogens is 202 g/mol. The van der Waals surface area contributed by atoms with E-state index in [4.69, 9.17) is 0 Å². The molecule has 0 saturated carbocycles. The highest BCUT2D eigenvalue weighted by atomic mass is 15.4. The first-order valence-electron chi connectivity index (χ1n) is 6.09. The second-order valence-corrected chi connectivity index (χ2v) is 4.45. The highest BCUT2D eigenvalue weighted by Gasteiger charge is 2.20. The van der Waals surface area contributed by atoms with E-state index in [-0.39, 0.29) is 0 Å². The fraction of sp³-hybridized carbons (Fsp3) is 0.818. The number of piperidine rings is 1. The van der Waals surface area contributed by atoms with Crippen LogP contribution in [0.15, 0.2) is 6.20 Å². The van der Waals surface area contributed by atoms with Gasteiger partial charge in [-0.3, -0.25) is 9.58 Å². The third-order valence-corrected chi connectivity index (χ3v) is 3.21. The molecule has 90 valence electrons. The maximum atomic E-state index is 4.15. The summed E-state index contributed by atoms with van der Waals surface area (Å²) in [6, 6.07) is 0.653. The van der Waals surface area contributed by atoms with Gasteiger partial charge in [0.2, 0.25) is 0 Å². The van der Waals surface area contributed by atoms with Gasteiger partial charge < -0.3 is 5.32 Å². The van der Waals surface area contributed by atoms with E-state index in [1.54, 1.807) is 4.68 Å². The molecule has 1 aliphatic rings. The molecule has 1 atom stereocenters. The number of nitrogens with zero attached hydrogens (tertiary/aromatic N) is 4. The first kappa shape index (κ1) is 11.5. The highest BCUT2D eigenvalue weighted by molar-refractivity contribution is 4.93. The second-order valence-electron chi connectivity index (χ2n) is 4.45. The van der Waals surface area contributed by atoms with Crippen molar-refractivity contribution >= 4 is 0 Å². The van der Waals surface area contributed by atoms with E-state index in [0.29, 0.717) is 6.04 Å². The normalized spacial score (nSPS) is 21.6. The maximum Gasteiger partial charge on any atom is 0.0967 e. The van der Waals surface area contributed by atoms with Crippen molar-refractivity contribution < 1.29 is 0 Å². The number of aromatic nitrogens is 3. The van der Waals surface area contributed by atoms with Crippen LogP contribution in [0.1, 0.15) is 25.5 Å². The Labute approximate surface area is 96.8 Å². The lowest BCUT2D eigenvalue weighted by molar-refractivity contribution is 0.164. The Bertz CT molecular complexity index is 316. The van der Waals surface area contributed by atoms with Crippen molar-refractivity contribution in [2.24, 2.45) is 7.05 Å². The summed E-state index contributed by atoms with van der Waals surface area (Å²) in [5.41, 5.74) is 1.06. The van der Waals surface area contributed by atoms with Crippen molar-refractivity contribution in [3.63, 3.8) is 0 Å². The van der Waals surface area contributed by atoms with E-state index >= 15 is 0 Å². The highest BCUT2D eigenvalue weighted by Crippen LogP contribution is 2.12. The van der Waals surface area contributed by atoms with Gasteiger partial charge in [0, 0.05) is 32.4 Å². The molecule has 1 aromatic heterocycles. The zero-order valence-corrected chi connectivity index (χ0v) is 10.2. The minimum absolute atomic E-state index is 0.653. The van der Waals surface area contributed by atoms with Crippen LogP contribution < -0.4 is 5.32 Å². The molecule has 0 bridgehead atoms. The summed E-state index contributed by atoms with van der Waals surface area (Å²) in [6.07, 6.45) is 4.57. The monoisotopic (exact) mass is 223 g/mol. The van der Waals surface area contributed by atoms with Gasteiger partial charge >= 0.3 is 0 Å². The summed E-state index contributed by atoms with van der Waals surface area (Å²) in [6.45, 7) is 6.47. The standard InChI is InChI=1S/C11H21N5/c1-3-16(11-5-4-6-12-7-11)9-10-8-15(2)14-13-10/h8,11-12H,3-7,9H2,1-2H3. The molecule has 2 heterocycles. The van der Waals surface area contributed by atoms with Crippen LogP contribution in [0.3, 0.4) is 0 Å². The van der Waals surface area contributed by atoms with Crippen LogP contribution in [0.5, 0.6) is 0 Å². The summed E-state index contributed by atoms with van der Waals surface area (Å²) in [5.74, 6) is 0. The molecule has 1 unspecified atom stereocenters. The van der Waals surface area contributed by atoms with Crippen molar-refractivity contribution in [3.05, 3.63) is 11.9 Å². The lowest BCUT2D eigenvalue weighted by Gasteiger charge is -2.33. The predicted molar refractivity (Wildman–Crippen MR) is 63.0 cm³/mol. The van der Waals surface area contributed by atoms with Crippen LogP contribution in [-0.2, 0) is 13.6 Å². The topological polar surface area (TPSA) is 46.0 Å². The lowest BCUT2D eigenvalue weighted by Crippen LogP contribution is -2.45. The minimum Gasteiger partial charge on any atom is -0.315 e. The molecule has 1 N–H and O–H groups in total. The zero-order chi connectivity index (χ0) is 11.4. The van der Waals surface area contributed by atoms with Crippen LogP contribution in [0, 0.1) is 0 Å². The van der Waals surface area contributed by atoms with Crippen LogP contribution in [0.4, 0.5) is 0 Å². The van der Waals surface area contributed by atoms with Crippen molar-refractivity contribution in [2.75, 3.05) is 19.6 Å². The minimum atomic E-state index is 0.653. The van der Waals surface area contributed by atoms with Crippen molar-refractivity contribution in [1.82, 2.24) is 25.2 Å². The average molecular weight is 223 g/mol. The number of likely N-dealkylation sites (N-methyl/N-ethyl adjacent to an activating group) is 1. The number of hydrogen-bond acceptors (Lipinski definition) is 4. The van der Waals surface area contributed by atoms with E-state index < -0.39 is 0 Å². The Morgan fingerprint density at radius 3 is 3.06 bits per heavy atom. The number of rotatable bonds is 4. The van der Waals surface area contributed by atoms with Gasteiger partial charge in [-0.25, -0.2) is 0 Å². The quantitative estimate of drug-likeness (QED) is 0.802. The Morgan fingerprint density at radius 2 is 2.50 bits per heavy atom. The van der Waals surface area contributed by atoms with Gasteiger partial charge in [-0.05, 0) is 25.9 Å². The van der Waals surface area contributed by atoms with E-state index in [0.717, 1.165) is 25.3 Å². The van der Waals surface area contributed by atoms with Gasteiger partial charge in [0.25, 0.3) is 0 Å². The summed E-state index contributed by atoms with van der Waals surface area (Å²) < 4.78 is 1.77. The Morgan fingerprint density at radius 1 is 1.62 bits per heavy atom. The van der Waals surface area contributed by atoms with Crippen molar-refractivity contribution in [3.8, 4) is 0 Å². The summed E-state index contributed by atoms with van der Waals surface area (Å²) in [4.78, 5) is 2.48. The molecule has 1 fully saturated rings. The summed E-state index contributed by atoms with van der Waals surface area (Å²) in [7, 11) is 1.91. The van der Waals surface area contributed by atoms with Crippen LogP contribution in [0.2, 0.25) is 0 Å². The average Bonchev–Trinajstić information content (AvgIpc) is 2.73. The van der Waals surface area contributed by atoms with Crippen LogP contribution >= 0.6 is 0 Å². The molecule has 1 aromatic rings. The molecule has 0 radical (unpaired) electrons. The molecule has 1 saturated heterocycles. The fourth-order valence-corrected chi connectivity index (χ4v) is 2.32. The molecule has 5 nitrogen and oxygen atoms in total. The molecule has 5 heteroatoms. The lowest BCUT2D eigenvalue weighted by atomic mass is 10.1. The van der Waals surface area contributed by atoms with Gasteiger partial charge in [-0.1, -0.05) is 12.1 Å². The maximum absolute atomic E-state index is 4.15. The zero-order valence-electron chi connectivity index (χ0n) is 10.2. The first-order valence-corrected chi connectivity index (χ1v) is 6.09. The van der Waals surface area contributed by atoms with E-state index in [1.807, 2.05) is 13.2 Å². The summed E-state index contributed by atoms with van der Waals surface area (Å²) in [5, 5.41) is 11.6. The summed E-state index contributed by atoms with van der Waals surface area (Å²) >= 11 is 0. The Balaban J connectivity index is 1.94. The molecule has 16 heavy (non-hydrogen) atoms. The van der Waals surface area contributed by atoms with Gasteiger partial charge in [-0.2, -0.15) is 0 Å². The Kier molecular flexibility index (Phi) is 3.90. The molecule has 1 aliphatic heterocycles. The third kappa shape index (κ3) is 2.80. The number of aryl methyl sites for hydroxylation is 1. The Hall–Kier alpha value is -0.940. The SMILES string of the molecule is CCN(Cc1cn(C)nn1)C1CCCNC1. The number of nitrogens with one attached hydrogen (secondary N) is 1. The van der Waals surface area contributed by atoms with Crippen molar-refractivity contribution in [1.29, 1.82) is 0 Å². The molecule has 0 spiro atoms. The van der Waals surface area contributed by atoms with Crippen molar-refractivity contribution in [2.45, 2.75) is 32.4 Å². The van der Waals surface area contributed by atoms with Gasteiger partial charge in [0.15, 0.2) is 0 Å². The molecule has 0 aromatic carbocycles. The largest absolute Gasteiger partial charge is 0.315 e. The van der Waals surface area contributed by atoms with Crippen LogP contribution in [0.25, 0.3) is 0 Å². The van der Waals surface area contributed by atoms with E-state index in [1.165, 1.54) is 19.4 Å². The van der Waals surface area contributed by atoms with Gasteiger partial charge in [0.1, 0.15) is 0 Å². The molecule has 2 rings (SSSR count). The fourth-order valence-electron chi connectivity index (χ4n) is 2.32. The third-order valence-electron chi connectivity index (χ3n) is 3.21.